The van der Waals surface area contributed by atoms with Crippen LogP contribution in [-0.2, 0) is 10.5 Å². The molecule has 1 atom stereocenters. The average Bonchev–Trinajstić information content (AvgIpc) is 2.84. The number of ether oxygens (including phenoxy) is 1. The van der Waals surface area contributed by atoms with Gasteiger partial charge in [-0.2, -0.15) is 11.8 Å². The molecule has 1 aliphatic heterocycles. The molecule has 0 saturated carbocycles. The van der Waals surface area contributed by atoms with Gasteiger partial charge in [0.25, 0.3) is 0 Å². The first-order valence-electron chi connectivity index (χ1n) is 5.99. The van der Waals surface area contributed by atoms with Crippen molar-refractivity contribution in [2.75, 3.05) is 12.4 Å². The number of hydrogen-bond acceptors (Lipinski definition) is 3. The second-order valence-electron chi connectivity index (χ2n) is 4.37. The fraction of sp³-hybridized carbons (Fsp3) is 0.462. The van der Waals surface area contributed by atoms with Crippen LogP contribution < -0.4 is 5.73 Å². The fourth-order valence-electron chi connectivity index (χ4n) is 1.91. The van der Waals surface area contributed by atoms with Gasteiger partial charge in [0.2, 0.25) is 0 Å². The van der Waals surface area contributed by atoms with Crippen LogP contribution in [0.15, 0.2) is 18.2 Å². The van der Waals surface area contributed by atoms with Gasteiger partial charge in [0.1, 0.15) is 5.84 Å². The van der Waals surface area contributed by atoms with Crippen LogP contribution in [-0.4, -0.2) is 24.3 Å². The van der Waals surface area contributed by atoms with Crippen LogP contribution in [0.25, 0.3) is 0 Å². The van der Waals surface area contributed by atoms with Gasteiger partial charge in [0, 0.05) is 28.7 Å². The van der Waals surface area contributed by atoms with E-state index < -0.39 is 0 Å². The van der Waals surface area contributed by atoms with Crippen molar-refractivity contribution in [2.45, 2.75) is 24.7 Å². The standard InChI is InChI=1S/C13H17ClN2OS/c14-12-6-9(13(15)16)3-4-10(12)7-18-8-11-2-1-5-17-11/h3-4,6,11H,1-2,5,7-8H2,(H3,15,16). The summed E-state index contributed by atoms with van der Waals surface area (Å²) in [5.41, 5.74) is 7.18. The minimum atomic E-state index is 0.0514. The fourth-order valence-corrected chi connectivity index (χ4v) is 3.35. The molecule has 1 saturated heterocycles. The van der Waals surface area contributed by atoms with Gasteiger partial charge in [-0.05, 0) is 24.5 Å². The number of benzene rings is 1. The smallest absolute Gasteiger partial charge is 0.122 e. The highest BCUT2D eigenvalue weighted by molar-refractivity contribution is 7.98. The second-order valence-corrected chi connectivity index (χ2v) is 5.81. The summed E-state index contributed by atoms with van der Waals surface area (Å²) in [5, 5.41) is 8.03. The molecule has 1 aliphatic rings. The van der Waals surface area contributed by atoms with Crippen LogP contribution in [0.2, 0.25) is 5.02 Å². The van der Waals surface area contributed by atoms with E-state index in [1.807, 2.05) is 23.9 Å². The molecule has 0 amide bonds. The van der Waals surface area contributed by atoms with Gasteiger partial charge >= 0.3 is 0 Å². The molecular weight excluding hydrogens is 268 g/mol. The minimum Gasteiger partial charge on any atom is -0.384 e. The summed E-state index contributed by atoms with van der Waals surface area (Å²) < 4.78 is 5.57. The van der Waals surface area contributed by atoms with Gasteiger partial charge in [-0.25, -0.2) is 0 Å². The molecule has 3 nitrogen and oxygen atoms in total. The Labute approximate surface area is 117 Å². The Morgan fingerprint density at radius 2 is 2.39 bits per heavy atom. The number of rotatable bonds is 5. The molecular formula is C13H17ClN2OS. The van der Waals surface area contributed by atoms with Crippen molar-refractivity contribution < 1.29 is 4.74 Å². The minimum absolute atomic E-state index is 0.0514. The number of nitrogen functional groups attached to an aromatic ring is 1. The summed E-state index contributed by atoms with van der Waals surface area (Å²) in [4.78, 5) is 0. The third-order valence-corrected chi connectivity index (χ3v) is 4.42. The first-order valence-corrected chi connectivity index (χ1v) is 7.52. The SMILES string of the molecule is N=C(N)c1ccc(CSCC2CCCO2)c(Cl)c1. The maximum absolute atomic E-state index is 7.35. The molecule has 0 aliphatic carbocycles. The Morgan fingerprint density at radius 3 is 3.00 bits per heavy atom. The number of nitrogens with one attached hydrogen (secondary N) is 1. The third-order valence-electron chi connectivity index (χ3n) is 2.95. The molecule has 18 heavy (non-hydrogen) atoms. The molecule has 0 aromatic heterocycles. The Balaban J connectivity index is 1.87. The van der Waals surface area contributed by atoms with Crippen LogP contribution in [0.1, 0.15) is 24.0 Å². The first kappa shape index (κ1) is 13.7. The van der Waals surface area contributed by atoms with Crippen molar-refractivity contribution in [3.8, 4) is 0 Å². The van der Waals surface area contributed by atoms with Gasteiger partial charge in [-0.15, -0.1) is 0 Å². The quantitative estimate of drug-likeness (QED) is 0.645. The lowest BCUT2D eigenvalue weighted by Gasteiger charge is -2.10. The summed E-state index contributed by atoms with van der Waals surface area (Å²) in [6, 6.07) is 5.55. The predicted molar refractivity (Wildman–Crippen MR) is 77.6 cm³/mol. The summed E-state index contributed by atoms with van der Waals surface area (Å²) in [6.07, 6.45) is 2.76. The normalized spacial score (nSPS) is 19.1. The van der Waals surface area contributed by atoms with Crippen molar-refractivity contribution in [3.05, 3.63) is 34.3 Å². The highest BCUT2D eigenvalue weighted by Crippen LogP contribution is 2.25. The molecule has 1 aromatic carbocycles. The van der Waals surface area contributed by atoms with Crippen molar-refractivity contribution >= 4 is 29.2 Å². The van der Waals surface area contributed by atoms with Crippen LogP contribution in [0.5, 0.6) is 0 Å². The van der Waals surface area contributed by atoms with Crippen molar-refractivity contribution in [3.63, 3.8) is 0 Å². The zero-order chi connectivity index (χ0) is 13.0. The van der Waals surface area contributed by atoms with Crippen molar-refractivity contribution in [1.29, 1.82) is 5.41 Å². The van der Waals surface area contributed by atoms with E-state index in [4.69, 9.17) is 27.5 Å². The van der Waals surface area contributed by atoms with Gasteiger partial charge < -0.3 is 10.5 Å². The zero-order valence-corrected chi connectivity index (χ0v) is 11.7. The van der Waals surface area contributed by atoms with Gasteiger partial charge in [-0.1, -0.05) is 23.7 Å². The zero-order valence-electron chi connectivity index (χ0n) is 10.1. The molecule has 1 heterocycles. The molecule has 0 bridgehead atoms. The molecule has 5 heteroatoms. The number of hydrogen-bond donors (Lipinski definition) is 2. The Kier molecular flexibility index (Phi) is 4.92. The topological polar surface area (TPSA) is 59.1 Å². The summed E-state index contributed by atoms with van der Waals surface area (Å²) >= 11 is 8.01. The highest BCUT2D eigenvalue weighted by Gasteiger charge is 2.15. The Bertz CT molecular complexity index is 433. The van der Waals surface area contributed by atoms with Gasteiger partial charge in [0.05, 0.1) is 6.10 Å². The lowest BCUT2D eigenvalue weighted by molar-refractivity contribution is 0.129. The van der Waals surface area contributed by atoms with Crippen molar-refractivity contribution in [1.82, 2.24) is 0 Å². The largest absolute Gasteiger partial charge is 0.384 e. The average molecular weight is 285 g/mol. The lowest BCUT2D eigenvalue weighted by atomic mass is 10.1. The second kappa shape index (κ2) is 6.45. The van der Waals surface area contributed by atoms with Crippen LogP contribution in [0.4, 0.5) is 0 Å². The molecule has 0 radical (unpaired) electrons. The van der Waals surface area contributed by atoms with Gasteiger partial charge in [0.15, 0.2) is 0 Å². The van der Waals surface area contributed by atoms with Crippen LogP contribution in [0.3, 0.4) is 0 Å². The van der Waals surface area contributed by atoms with Crippen molar-refractivity contribution in [2.24, 2.45) is 5.73 Å². The molecule has 98 valence electrons. The molecule has 1 unspecified atom stereocenters. The van der Waals surface area contributed by atoms with E-state index in [0.29, 0.717) is 16.7 Å². The molecule has 2 rings (SSSR count). The molecule has 3 N–H and O–H groups in total. The van der Waals surface area contributed by atoms with E-state index in [1.54, 1.807) is 6.07 Å². The Hall–Kier alpha value is -0.710. The van der Waals surface area contributed by atoms with E-state index in [-0.39, 0.29) is 5.84 Å². The summed E-state index contributed by atoms with van der Waals surface area (Å²) in [5.74, 6) is 1.94. The van der Waals surface area contributed by atoms with Gasteiger partial charge in [-0.3, -0.25) is 5.41 Å². The highest BCUT2D eigenvalue weighted by atomic mass is 35.5. The number of halogens is 1. The number of nitrogens with two attached hydrogens (primary N) is 1. The van der Waals surface area contributed by atoms with E-state index >= 15 is 0 Å². The van der Waals surface area contributed by atoms with E-state index in [2.05, 4.69) is 0 Å². The van der Waals surface area contributed by atoms with Crippen LogP contribution in [0, 0.1) is 5.41 Å². The molecule has 1 aromatic rings. The molecule has 1 fully saturated rings. The molecule has 0 spiro atoms. The van der Waals surface area contributed by atoms with E-state index in [1.165, 1.54) is 12.8 Å². The maximum atomic E-state index is 7.35. The predicted octanol–water partition coefficient (Wildman–Crippen LogP) is 3.04. The van der Waals surface area contributed by atoms with E-state index in [9.17, 15) is 0 Å². The lowest BCUT2D eigenvalue weighted by Crippen LogP contribution is -2.11. The van der Waals surface area contributed by atoms with E-state index in [0.717, 1.165) is 23.7 Å². The summed E-state index contributed by atoms with van der Waals surface area (Å²) in [7, 11) is 0. The number of amidine groups is 1. The monoisotopic (exact) mass is 284 g/mol. The first-order chi connectivity index (χ1) is 8.66. The Morgan fingerprint density at radius 1 is 1.56 bits per heavy atom. The van der Waals surface area contributed by atoms with Crippen LogP contribution >= 0.6 is 23.4 Å². The maximum Gasteiger partial charge on any atom is 0.122 e. The third kappa shape index (κ3) is 3.64. The summed E-state index contributed by atoms with van der Waals surface area (Å²) in [6.45, 7) is 0.902. The number of thioether (sulfide) groups is 1.